The smallest absolute Gasteiger partial charge is 0.160 e. The van der Waals surface area contributed by atoms with Gasteiger partial charge in [0.25, 0.3) is 0 Å². The van der Waals surface area contributed by atoms with E-state index in [4.69, 9.17) is 1.41 Å². The summed E-state index contributed by atoms with van der Waals surface area (Å²) in [7, 11) is 0. The average Bonchev–Trinajstić information content (AvgIpc) is 2.34. The monoisotopic (exact) mass is 143 g/mol. The standard InChI is InChI=1S/C8H9N.Na/c1-2-4-8-7(3-1)5-6-9-8;/h1-4,9H,5-6H2;/i/hD. The van der Waals surface area contributed by atoms with E-state index in [1.807, 2.05) is 18.2 Å². The van der Waals surface area contributed by atoms with E-state index in [-0.39, 0.29) is 29.6 Å². The van der Waals surface area contributed by atoms with Crippen molar-refractivity contribution in [2.24, 2.45) is 0 Å². The molecule has 1 radical (unpaired) electrons. The number of rotatable bonds is 0. The molecule has 1 aliphatic heterocycles. The van der Waals surface area contributed by atoms with Crippen molar-refractivity contribution < 1.29 is 1.41 Å². The molecule has 0 unspecified atom stereocenters. The molecule has 2 heteroatoms. The number of para-hydroxylation sites is 1. The first-order valence-corrected chi connectivity index (χ1v) is 3.22. The van der Waals surface area contributed by atoms with Crippen molar-refractivity contribution in [3.8, 4) is 0 Å². The number of fused-ring (bicyclic) bond motifs is 1. The molecule has 1 aromatic carbocycles. The summed E-state index contributed by atoms with van der Waals surface area (Å²) in [6, 6.07) is 8.09. The summed E-state index contributed by atoms with van der Waals surface area (Å²) in [6.45, 7) is 0.847. The minimum Gasteiger partial charge on any atom is -0.384 e. The Bertz CT molecular complexity index is 252. The van der Waals surface area contributed by atoms with Gasteiger partial charge in [0.15, 0.2) is 1.41 Å². The summed E-state index contributed by atoms with van der Waals surface area (Å²) in [4.78, 5) is 0. The molecular formula is C8H9NNa. The van der Waals surface area contributed by atoms with Crippen LogP contribution in [0.1, 0.15) is 5.56 Å². The molecule has 1 aromatic rings. The Hall–Kier alpha value is 0.0200. The molecule has 47 valence electrons. The van der Waals surface area contributed by atoms with Gasteiger partial charge in [-0.1, -0.05) is 18.2 Å². The number of anilines is 1. The van der Waals surface area contributed by atoms with Gasteiger partial charge in [0, 0.05) is 41.8 Å². The van der Waals surface area contributed by atoms with Gasteiger partial charge < -0.3 is 5.31 Å². The summed E-state index contributed by atoms with van der Waals surface area (Å²) in [5, 5.41) is 1.55. The van der Waals surface area contributed by atoms with Crippen molar-refractivity contribution in [2.75, 3.05) is 11.9 Å². The summed E-state index contributed by atoms with van der Waals surface area (Å²) in [5.74, 6) is 0. The number of nitrogens with one attached hydrogen (secondary N) is 1. The zero-order chi connectivity index (χ0) is 6.97. The fourth-order valence-electron chi connectivity index (χ4n) is 1.17. The molecule has 1 N–H and O–H groups in total. The second kappa shape index (κ2) is 3.42. The van der Waals surface area contributed by atoms with Gasteiger partial charge in [-0.25, -0.2) is 0 Å². The summed E-state index contributed by atoms with van der Waals surface area (Å²) >= 11 is 0. The maximum Gasteiger partial charge on any atom is 0.160 e. The van der Waals surface area contributed by atoms with Crippen molar-refractivity contribution in [2.45, 2.75) is 6.42 Å². The van der Waals surface area contributed by atoms with Crippen LogP contribution in [0, 0.1) is 0 Å². The molecule has 10 heavy (non-hydrogen) atoms. The van der Waals surface area contributed by atoms with Gasteiger partial charge in [0.2, 0.25) is 0 Å². The molecule has 1 aliphatic rings. The Kier molecular flexibility index (Phi) is 2.30. The van der Waals surface area contributed by atoms with E-state index in [0.717, 1.165) is 18.7 Å². The Morgan fingerprint density at radius 2 is 2.20 bits per heavy atom. The molecule has 0 atom stereocenters. The first-order chi connectivity index (χ1) is 4.88. The predicted octanol–water partition coefficient (Wildman–Crippen LogP) is 1.27. The molecule has 1 nitrogen and oxygen atoms in total. The van der Waals surface area contributed by atoms with Gasteiger partial charge in [0.1, 0.15) is 0 Å². The number of hydrogen-bond acceptors (Lipinski definition) is 1. The SMILES string of the molecule is [2H]N1CCc2ccccc21.[Na]. The van der Waals surface area contributed by atoms with Crippen LogP contribution in [-0.4, -0.2) is 36.1 Å². The number of benzene rings is 1. The fourth-order valence-corrected chi connectivity index (χ4v) is 1.17. The van der Waals surface area contributed by atoms with E-state index >= 15 is 0 Å². The normalized spacial score (nSPS) is 15.6. The minimum atomic E-state index is 0. The summed E-state index contributed by atoms with van der Waals surface area (Å²) in [6.07, 6.45) is 1.03. The second-order valence-electron chi connectivity index (χ2n) is 2.26. The van der Waals surface area contributed by atoms with Gasteiger partial charge in [-0.15, -0.1) is 0 Å². The van der Waals surface area contributed by atoms with Crippen LogP contribution in [0.25, 0.3) is 0 Å². The van der Waals surface area contributed by atoms with Gasteiger partial charge >= 0.3 is 0 Å². The molecule has 0 aliphatic carbocycles. The Morgan fingerprint density at radius 3 is 3.00 bits per heavy atom. The molecule has 0 saturated carbocycles. The maximum absolute atomic E-state index is 7.45. The van der Waals surface area contributed by atoms with Crippen molar-refractivity contribution in [1.29, 1.82) is 0 Å². The van der Waals surface area contributed by atoms with E-state index in [2.05, 4.69) is 6.07 Å². The van der Waals surface area contributed by atoms with Crippen molar-refractivity contribution in [1.82, 2.24) is 0 Å². The first-order valence-electron chi connectivity index (χ1n) is 3.67. The third-order valence-electron chi connectivity index (χ3n) is 1.65. The fraction of sp³-hybridized carbons (Fsp3) is 0.250. The van der Waals surface area contributed by atoms with E-state index < -0.39 is 0 Å². The molecule has 0 spiro atoms. The van der Waals surface area contributed by atoms with Gasteiger partial charge in [-0.3, -0.25) is 0 Å². The van der Waals surface area contributed by atoms with E-state index in [9.17, 15) is 0 Å². The van der Waals surface area contributed by atoms with Crippen LogP contribution in [0.4, 0.5) is 5.69 Å². The molecule has 0 saturated heterocycles. The summed E-state index contributed by atoms with van der Waals surface area (Å²) in [5.41, 5.74) is 2.38. The predicted molar refractivity (Wildman–Crippen MR) is 44.4 cm³/mol. The van der Waals surface area contributed by atoms with Crippen molar-refractivity contribution >= 4 is 35.2 Å². The average molecular weight is 143 g/mol. The largest absolute Gasteiger partial charge is 0.384 e. The van der Waals surface area contributed by atoms with Crippen molar-refractivity contribution in [3.63, 3.8) is 0 Å². The molecule has 2 rings (SSSR count). The van der Waals surface area contributed by atoms with Gasteiger partial charge in [0.05, 0.1) is 0 Å². The first kappa shape index (κ1) is 6.71. The Balaban J connectivity index is 0.000000605. The molecular weight excluding hydrogens is 133 g/mol. The van der Waals surface area contributed by atoms with E-state index in [1.165, 1.54) is 5.56 Å². The van der Waals surface area contributed by atoms with Crippen LogP contribution in [-0.2, 0) is 6.42 Å². The van der Waals surface area contributed by atoms with Crippen LogP contribution >= 0.6 is 0 Å². The molecule has 0 aromatic heterocycles. The van der Waals surface area contributed by atoms with Crippen LogP contribution in [0.2, 0.25) is 1.41 Å². The zero-order valence-corrected chi connectivity index (χ0v) is 8.17. The van der Waals surface area contributed by atoms with Crippen LogP contribution in [0.3, 0.4) is 0 Å². The van der Waals surface area contributed by atoms with E-state index in [0.29, 0.717) is 0 Å². The number of hydrogen-bond donors (Lipinski definition) is 1. The van der Waals surface area contributed by atoms with Crippen LogP contribution in [0.5, 0.6) is 0 Å². The Labute approximate surface area is 84.6 Å². The molecule has 0 amide bonds. The summed E-state index contributed by atoms with van der Waals surface area (Å²) < 4.78 is 7.45. The van der Waals surface area contributed by atoms with E-state index in [1.54, 1.807) is 5.31 Å². The third-order valence-corrected chi connectivity index (χ3v) is 1.65. The molecule has 1 heterocycles. The van der Waals surface area contributed by atoms with Crippen molar-refractivity contribution in [3.05, 3.63) is 29.8 Å². The van der Waals surface area contributed by atoms with Gasteiger partial charge in [-0.05, 0) is 18.1 Å². The third kappa shape index (κ3) is 1.36. The Morgan fingerprint density at radius 1 is 1.40 bits per heavy atom. The topological polar surface area (TPSA) is 12.0 Å². The molecule has 0 bridgehead atoms. The minimum absolute atomic E-state index is 0. The molecule has 0 fully saturated rings. The second-order valence-corrected chi connectivity index (χ2v) is 2.26. The maximum atomic E-state index is 7.45. The van der Waals surface area contributed by atoms with Crippen LogP contribution in [0.15, 0.2) is 24.3 Å². The zero-order valence-electron chi connectivity index (χ0n) is 7.17. The van der Waals surface area contributed by atoms with Crippen LogP contribution < -0.4 is 5.31 Å². The van der Waals surface area contributed by atoms with Gasteiger partial charge in [-0.2, -0.15) is 0 Å². The quantitative estimate of drug-likeness (QED) is 0.539.